The molecule has 4 nitrogen and oxygen atoms in total. The third-order valence-corrected chi connectivity index (χ3v) is 5.96. The van der Waals surface area contributed by atoms with E-state index in [1.807, 2.05) is 4.90 Å². The zero-order chi connectivity index (χ0) is 15.5. The number of hydrogen-bond donors (Lipinski definition) is 1. The maximum Gasteiger partial charge on any atom is 0.226 e. The number of carbonyl (C=O) groups excluding carboxylic acids is 1. The Labute approximate surface area is 144 Å². The topological polar surface area (TPSA) is 59.5 Å². The van der Waals surface area contributed by atoms with Gasteiger partial charge in [0, 0.05) is 30.8 Å². The molecule has 0 radical (unpaired) electrons. The molecule has 1 aromatic rings. The van der Waals surface area contributed by atoms with Gasteiger partial charge in [0.15, 0.2) is 0 Å². The first-order chi connectivity index (χ1) is 10.5. The number of furan rings is 1. The van der Waals surface area contributed by atoms with Crippen molar-refractivity contribution in [2.45, 2.75) is 44.9 Å². The smallest absolute Gasteiger partial charge is 0.226 e. The third kappa shape index (κ3) is 3.03. The van der Waals surface area contributed by atoms with Crippen LogP contribution in [0.5, 0.6) is 0 Å². The minimum absolute atomic E-state index is 0. The Morgan fingerprint density at radius 3 is 2.57 bits per heavy atom. The second-order valence-corrected chi connectivity index (χ2v) is 8.03. The van der Waals surface area contributed by atoms with Gasteiger partial charge in [-0.25, -0.2) is 0 Å². The van der Waals surface area contributed by atoms with Crippen molar-refractivity contribution in [3.63, 3.8) is 0 Å². The van der Waals surface area contributed by atoms with Gasteiger partial charge < -0.3 is 15.1 Å². The Morgan fingerprint density at radius 2 is 2.00 bits per heavy atom. The molecule has 23 heavy (non-hydrogen) atoms. The zero-order valence-electron chi connectivity index (χ0n) is 14.0. The SMILES string of the molecule is CC1CC1c1ccc(C2CC2C(=O)N2CCC(C)(CN)C2)o1.Cl. The van der Waals surface area contributed by atoms with Crippen LogP contribution in [0.2, 0.25) is 0 Å². The minimum Gasteiger partial charge on any atom is -0.465 e. The predicted molar refractivity (Wildman–Crippen MR) is 91.7 cm³/mol. The maximum absolute atomic E-state index is 12.6. The first-order valence-electron chi connectivity index (χ1n) is 8.59. The van der Waals surface area contributed by atoms with Crippen LogP contribution >= 0.6 is 12.4 Å². The summed E-state index contributed by atoms with van der Waals surface area (Å²) < 4.78 is 6.02. The molecule has 3 fully saturated rings. The lowest BCUT2D eigenvalue weighted by Gasteiger charge is -2.22. The van der Waals surface area contributed by atoms with E-state index in [0.29, 0.717) is 24.3 Å². The largest absolute Gasteiger partial charge is 0.465 e. The fourth-order valence-electron chi connectivity index (χ4n) is 3.88. The Hall–Kier alpha value is -1.00. The van der Waals surface area contributed by atoms with E-state index in [0.717, 1.165) is 43.4 Å². The zero-order valence-corrected chi connectivity index (χ0v) is 14.8. The van der Waals surface area contributed by atoms with Gasteiger partial charge in [-0.1, -0.05) is 13.8 Å². The van der Waals surface area contributed by atoms with E-state index < -0.39 is 0 Å². The van der Waals surface area contributed by atoms with Crippen LogP contribution in [0.25, 0.3) is 0 Å². The molecule has 1 aromatic heterocycles. The number of hydrogen-bond acceptors (Lipinski definition) is 3. The summed E-state index contributed by atoms with van der Waals surface area (Å²) in [6.45, 7) is 6.78. The first kappa shape index (κ1) is 16.8. The highest BCUT2D eigenvalue weighted by molar-refractivity contribution is 5.85. The number of halogens is 1. The van der Waals surface area contributed by atoms with Crippen LogP contribution in [0.15, 0.2) is 16.5 Å². The van der Waals surface area contributed by atoms with Crippen molar-refractivity contribution in [2.24, 2.45) is 23.0 Å². The van der Waals surface area contributed by atoms with Gasteiger partial charge >= 0.3 is 0 Å². The molecule has 0 aromatic carbocycles. The number of nitrogens with two attached hydrogens (primary N) is 1. The molecular weight excluding hydrogens is 312 g/mol. The van der Waals surface area contributed by atoms with Crippen molar-refractivity contribution in [3.8, 4) is 0 Å². The molecule has 1 amide bonds. The van der Waals surface area contributed by atoms with E-state index >= 15 is 0 Å². The van der Waals surface area contributed by atoms with Gasteiger partial charge in [0.2, 0.25) is 5.91 Å². The summed E-state index contributed by atoms with van der Waals surface area (Å²) in [6.07, 6.45) is 3.21. The maximum atomic E-state index is 12.6. The van der Waals surface area contributed by atoms with Crippen LogP contribution in [0, 0.1) is 17.3 Å². The third-order valence-electron chi connectivity index (χ3n) is 5.96. The lowest BCUT2D eigenvalue weighted by Crippen LogP contribution is -2.35. The van der Waals surface area contributed by atoms with Crippen LogP contribution < -0.4 is 5.73 Å². The Morgan fingerprint density at radius 1 is 1.35 bits per heavy atom. The molecule has 2 heterocycles. The van der Waals surface area contributed by atoms with Gasteiger partial charge in [0.05, 0.1) is 0 Å². The number of rotatable bonds is 4. The predicted octanol–water partition coefficient (Wildman–Crippen LogP) is 3.13. The highest BCUT2D eigenvalue weighted by atomic mass is 35.5. The van der Waals surface area contributed by atoms with E-state index in [2.05, 4.69) is 26.0 Å². The molecule has 4 rings (SSSR count). The van der Waals surface area contributed by atoms with E-state index in [9.17, 15) is 4.79 Å². The van der Waals surface area contributed by atoms with Gasteiger partial charge in [-0.3, -0.25) is 4.79 Å². The van der Waals surface area contributed by atoms with E-state index in [4.69, 9.17) is 10.2 Å². The van der Waals surface area contributed by atoms with Crippen molar-refractivity contribution in [1.29, 1.82) is 0 Å². The second-order valence-electron chi connectivity index (χ2n) is 8.03. The summed E-state index contributed by atoms with van der Waals surface area (Å²) in [5, 5.41) is 0. The van der Waals surface area contributed by atoms with Gasteiger partial charge in [-0.05, 0) is 49.3 Å². The molecule has 5 atom stereocenters. The number of amides is 1. The monoisotopic (exact) mass is 338 g/mol. The van der Waals surface area contributed by atoms with Gasteiger partial charge in [0.1, 0.15) is 11.5 Å². The van der Waals surface area contributed by atoms with E-state index in [-0.39, 0.29) is 23.7 Å². The molecule has 128 valence electrons. The Balaban J connectivity index is 0.00000156. The molecule has 2 aliphatic carbocycles. The quantitative estimate of drug-likeness (QED) is 0.917. The van der Waals surface area contributed by atoms with Crippen LogP contribution in [-0.2, 0) is 4.79 Å². The molecule has 3 aliphatic rings. The molecule has 0 spiro atoms. The molecule has 1 aliphatic heterocycles. The summed E-state index contributed by atoms with van der Waals surface area (Å²) in [5.74, 6) is 4.26. The second kappa shape index (κ2) is 5.82. The lowest BCUT2D eigenvalue weighted by molar-refractivity contribution is -0.132. The minimum atomic E-state index is 0. The molecule has 5 unspecified atom stereocenters. The fourth-order valence-corrected chi connectivity index (χ4v) is 3.88. The van der Waals surface area contributed by atoms with Gasteiger partial charge in [-0.2, -0.15) is 0 Å². The number of nitrogens with zero attached hydrogens (tertiary/aromatic N) is 1. The van der Waals surface area contributed by atoms with Crippen molar-refractivity contribution < 1.29 is 9.21 Å². The highest BCUT2D eigenvalue weighted by Crippen LogP contribution is 2.52. The molecule has 2 saturated carbocycles. The lowest BCUT2D eigenvalue weighted by atomic mass is 9.90. The van der Waals surface area contributed by atoms with Crippen molar-refractivity contribution in [2.75, 3.05) is 19.6 Å². The molecule has 5 heteroatoms. The normalized spacial score (nSPS) is 38.3. The van der Waals surface area contributed by atoms with Crippen LogP contribution in [-0.4, -0.2) is 30.4 Å². The summed E-state index contributed by atoms with van der Waals surface area (Å²) >= 11 is 0. The Bertz CT molecular complexity index is 602. The molecule has 1 saturated heterocycles. The number of carbonyl (C=O) groups is 1. The standard InChI is InChI=1S/C18H26N2O2.ClH/c1-11-7-12(11)15-3-4-16(22-15)13-8-14(13)17(21)20-6-5-18(2,9-19)10-20;/h3-4,11-14H,5-10,19H2,1-2H3;1H. The summed E-state index contributed by atoms with van der Waals surface area (Å²) in [5.41, 5.74) is 5.95. The van der Waals surface area contributed by atoms with Crippen molar-refractivity contribution >= 4 is 18.3 Å². The fraction of sp³-hybridized carbons (Fsp3) is 0.722. The van der Waals surface area contributed by atoms with E-state index in [1.165, 1.54) is 6.42 Å². The number of likely N-dealkylation sites (tertiary alicyclic amines) is 1. The average Bonchev–Trinajstić information content (AvgIpc) is 3.36. The van der Waals surface area contributed by atoms with Crippen LogP contribution in [0.4, 0.5) is 0 Å². The van der Waals surface area contributed by atoms with Crippen molar-refractivity contribution in [1.82, 2.24) is 4.90 Å². The molecular formula is C18H27ClN2O2. The highest BCUT2D eigenvalue weighted by Gasteiger charge is 2.50. The van der Waals surface area contributed by atoms with Crippen LogP contribution in [0.1, 0.15) is 56.5 Å². The van der Waals surface area contributed by atoms with Gasteiger partial charge in [0.25, 0.3) is 0 Å². The average molecular weight is 339 g/mol. The molecule has 0 bridgehead atoms. The summed E-state index contributed by atoms with van der Waals surface area (Å²) in [6, 6.07) is 4.21. The van der Waals surface area contributed by atoms with E-state index in [1.54, 1.807) is 0 Å². The first-order valence-corrected chi connectivity index (χ1v) is 8.59. The molecule has 2 N–H and O–H groups in total. The Kier molecular flexibility index (Phi) is 4.26. The summed E-state index contributed by atoms with van der Waals surface area (Å²) in [7, 11) is 0. The van der Waals surface area contributed by atoms with Crippen LogP contribution in [0.3, 0.4) is 0 Å². The van der Waals surface area contributed by atoms with Crippen molar-refractivity contribution in [3.05, 3.63) is 23.7 Å². The van der Waals surface area contributed by atoms with Gasteiger partial charge in [-0.15, -0.1) is 12.4 Å². The summed E-state index contributed by atoms with van der Waals surface area (Å²) in [4.78, 5) is 14.7.